The van der Waals surface area contributed by atoms with Gasteiger partial charge >= 0.3 is 0 Å². The van der Waals surface area contributed by atoms with E-state index >= 15 is 0 Å². The number of hydrogen-bond acceptors (Lipinski definition) is 3. The van der Waals surface area contributed by atoms with Gasteiger partial charge < -0.3 is 10.5 Å². The molecule has 0 bridgehead atoms. The number of benzene rings is 1. The zero-order valence-electron chi connectivity index (χ0n) is 10.3. The summed E-state index contributed by atoms with van der Waals surface area (Å²) in [5, 5.41) is 0.435. The van der Waals surface area contributed by atoms with Crippen LogP contribution in [0, 0.1) is 0 Å². The Kier molecular flexibility index (Phi) is 2.80. The number of nitrogens with two attached hydrogens (primary N) is 1. The Hall–Kier alpha value is -2.20. The SMILES string of the molecule is COc1cccc(-c2nc(Cl)c3cccc(N)n23)c1. The van der Waals surface area contributed by atoms with Crippen LogP contribution in [0.1, 0.15) is 0 Å². The van der Waals surface area contributed by atoms with Crippen LogP contribution in [0.25, 0.3) is 16.9 Å². The van der Waals surface area contributed by atoms with E-state index in [1.807, 2.05) is 46.9 Å². The van der Waals surface area contributed by atoms with Crippen LogP contribution in [-0.4, -0.2) is 16.5 Å². The van der Waals surface area contributed by atoms with Gasteiger partial charge in [0.2, 0.25) is 0 Å². The molecule has 0 saturated carbocycles. The van der Waals surface area contributed by atoms with E-state index in [9.17, 15) is 0 Å². The van der Waals surface area contributed by atoms with Crippen molar-refractivity contribution >= 4 is 22.9 Å². The molecule has 2 heterocycles. The second kappa shape index (κ2) is 4.48. The average Bonchev–Trinajstić information content (AvgIpc) is 2.78. The fourth-order valence-electron chi connectivity index (χ4n) is 2.08. The van der Waals surface area contributed by atoms with Crippen LogP contribution < -0.4 is 10.5 Å². The molecule has 0 amide bonds. The van der Waals surface area contributed by atoms with Crippen LogP contribution in [0.5, 0.6) is 5.75 Å². The van der Waals surface area contributed by atoms with Gasteiger partial charge in [0.05, 0.1) is 12.6 Å². The summed E-state index contributed by atoms with van der Waals surface area (Å²) in [6, 6.07) is 13.2. The third kappa shape index (κ3) is 1.90. The molecule has 0 atom stereocenters. The summed E-state index contributed by atoms with van der Waals surface area (Å²) in [6.07, 6.45) is 0. The number of pyridine rings is 1. The molecule has 5 heteroatoms. The van der Waals surface area contributed by atoms with E-state index in [2.05, 4.69) is 4.98 Å². The number of anilines is 1. The fourth-order valence-corrected chi connectivity index (χ4v) is 2.31. The topological polar surface area (TPSA) is 52.5 Å². The lowest BCUT2D eigenvalue weighted by Gasteiger charge is -2.06. The molecule has 3 aromatic rings. The number of halogens is 1. The van der Waals surface area contributed by atoms with Crippen molar-refractivity contribution in [1.82, 2.24) is 9.38 Å². The Morgan fingerprint density at radius 3 is 2.79 bits per heavy atom. The second-order valence-electron chi connectivity index (χ2n) is 4.13. The van der Waals surface area contributed by atoms with Gasteiger partial charge in [-0.2, -0.15) is 0 Å². The van der Waals surface area contributed by atoms with Gasteiger partial charge in [-0.3, -0.25) is 4.40 Å². The Balaban J connectivity index is 2.30. The maximum atomic E-state index is 6.15. The number of fused-ring (bicyclic) bond motifs is 1. The lowest BCUT2D eigenvalue weighted by atomic mass is 10.2. The minimum atomic E-state index is 0.435. The summed E-state index contributed by atoms with van der Waals surface area (Å²) in [5.74, 6) is 2.06. The third-order valence-corrected chi connectivity index (χ3v) is 3.25. The molecule has 0 aliphatic rings. The summed E-state index contributed by atoms with van der Waals surface area (Å²) in [6.45, 7) is 0. The second-order valence-corrected chi connectivity index (χ2v) is 4.49. The molecule has 19 heavy (non-hydrogen) atoms. The molecule has 0 saturated heterocycles. The molecule has 0 radical (unpaired) electrons. The predicted molar refractivity (Wildman–Crippen MR) is 76.6 cm³/mol. The fraction of sp³-hybridized carbons (Fsp3) is 0.0714. The van der Waals surface area contributed by atoms with E-state index in [1.165, 1.54) is 0 Å². The number of imidazole rings is 1. The summed E-state index contributed by atoms with van der Waals surface area (Å²) in [7, 11) is 1.63. The van der Waals surface area contributed by atoms with Gasteiger partial charge in [-0.15, -0.1) is 0 Å². The number of ether oxygens (including phenoxy) is 1. The van der Waals surface area contributed by atoms with Crippen LogP contribution in [0.4, 0.5) is 5.82 Å². The summed E-state index contributed by atoms with van der Waals surface area (Å²) in [4.78, 5) is 4.39. The predicted octanol–water partition coefficient (Wildman–Crippen LogP) is 3.25. The quantitative estimate of drug-likeness (QED) is 0.780. The Labute approximate surface area is 115 Å². The van der Waals surface area contributed by atoms with Gasteiger partial charge in [-0.1, -0.05) is 29.8 Å². The van der Waals surface area contributed by atoms with Gasteiger partial charge in [-0.25, -0.2) is 4.98 Å². The van der Waals surface area contributed by atoms with E-state index in [0.717, 1.165) is 16.8 Å². The monoisotopic (exact) mass is 273 g/mol. The van der Waals surface area contributed by atoms with Crippen molar-refractivity contribution in [1.29, 1.82) is 0 Å². The standard InChI is InChI=1S/C14H12ClN3O/c1-19-10-5-2-4-9(8-10)14-17-13(15)11-6-3-7-12(16)18(11)14/h2-8H,16H2,1H3. The van der Waals surface area contributed by atoms with Gasteiger partial charge in [0, 0.05) is 5.56 Å². The van der Waals surface area contributed by atoms with E-state index in [-0.39, 0.29) is 0 Å². The number of methoxy groups -OCH3 is 1. The Morgan fingerprint density at radius 1 is 1.21 bits per heavy atom. The van der Waals surface area contributed by atoms with Crippen molar-refractivity contribution in [2.75, 3.05) is 12.8 Å². The van der Waals surface area contributed by atoms with E-state index in [0.29, 0.717) is 16.8 Å². The van der Waals surface area contributed by atoms with Gasteiger partial charge in [-0.05, 0) is 24.3 Å². The zero-order valence-corrected chi connectivity index (χ0v) is 11.1. The smallest absolute Gasteiger partial charge is 0.155 e. The molecule has 2 aromatic heterocycles. The molecule has 96 valence electrons. The molecular weight excluding hydrogens is 262 g/mol. The Bertz CT molecular complexity index is 752. The number of nitrogens with zero attached hydrogens (tertiary/aromatic N) is 2. The van der Waals surface area contributed by atoms with Crippen molar-refractivity contribution in [2.45, 2.75) is 0 Å². The minimum Gasteiger partial charge on any atom is -0.497 e. The number of nitrogen functional groups attached to an aromatic ring is 1. The van der Waals surface area contributed by atoms with Crippen LogP contribution in [0.3, 0.4) is 0 Å². The lowest BCUT2D eigenvalue weighted by molar-refractivity contribution is 0.415. The first-order valence-electron chi connectivity index (χ1n) is 5.77. The third-order valence-electron chi connectivity index (χ3n) is 2.98. The molecule has 1 aromatic carbocycles. The minimum absolute atomic E-state index is 0.435. The van der Waals surface area contributed by atoms with E-state index < -0.39 is 0 Å². The molecule has 0 unspecified atom stereocenters. The molecule has 3 rings (SSSR count). The summed E-state index contributed by atoms with van der Waals surface area (Å²) >= 11 is 6.15. The highest BCUT2D eigenvalue weighted by Crippen LogP contribution is 2.29. The van der Waals surface area contributed by atoms with Crippen molar-refractivity contribution in [3.8, 4) is 17.1 Å². The Morgan fingerprint density at radius 2 is 2.00 bits per heavy atom. The summed E-state index contributed by atoms with van der Waals surface area (Å²) in [5.41, 5.74) is 7.70. The van der Waals surface area contributed by atoms with Crippen molar-refractivity contribution in [2.24, 2.45) is 0 Å². The van der Waals surface area contributed by atoms with E-state index in [1.54, 1.807) is 7.11 Å². The average molecular weight is 274 g/mol. The number of hydrogen-bond donors (Lipinski definition) is 1. The van der Waals surface area contributed by atoms with Gasteiger partial charge in [0.15, 0.2) is 5.15 Å². The van der Waals surface area contributed by atoms with Gasteiger partial charge in [0.1, 0.15) is 17.4 Å². The van der Waals surface area contributed by atoms with Crippen molar-refractivity contribution < 1.29 is 4.74 Å². The summed E-state index contributed by atoms with van der Waals surface area (Å²) < 4.78 is 7.05. The molecule has 2 N–H and O–H groups in total. The molecule has 0 spiro atoms. The zero-order chi connectivity index (χ0) is 13.4. The van der Waals surface area contributed by atoms with Crippen LogP contribution >= 0.6 is 11.6 Å². The number of aromatic nitrogens is 2. The normalized spacial score (nSPS) is 10.8. The largest absolute Gasteiger partial charge is 0.497 e. The molecule has 0 fully saturated rings. The molecule has 4 nitrogen and oxygen atoms in total. The maximum absolute atomic E-state index is 6.15. The first kappa shape index (κ1) is 11.9. The highest BCUT2D eigenvalue weighted by molar-refractivity contribution is 6.33. The maximum Gasteiger partial charge on any atom is 0.155 e. The molecule has 0 aliphatic heterocycles. The first-order valence-corrected chi connectivity index (χ1v) is 6.15. The first-order chi connectivity index (χ1) is 9.20. The number of rotatable bonds is 2. The van der Waals surface area contributed by atoms with Gasteiger partial charge in [0.25, 0.3) is 0 Å². The molecular formula is C14H12ClN3O. The lowest BCUT2D eigenvalue weighted by Crippen LogP contribution is -1.98. The molecule has 0 aliphatic carbocycles. The highest BCUT2D eigenvalue weighted by Gasteiger charge is 2.13. The van der Waals surface area contributed by atoms with Crippen molar-refractivity contribution in [3.05, 3.63) is 47.6 Å². The highest BCUT2D eigenvalue weighted by atomic mass is 35.5. The van der Waals surface area contributed by atoms with Crippen LogP contribution in [-0.2, 0) is 0 Å². The van der Waals surface area contributed by atoms with Crippen LogP contribution in [0.2, 0.25) is 5.15 Å². The van der Waals surface area contributed by atoms with Crippen LogP contribution in [0.15, 0.2) is 42.5 Å². The van der Waals surface area contributed by atoms with Crippen molar-refractivity contribution in [3.63, 3.8) is 0 Å². The van der Waals surface area contributed by atoms with E-state index in [4.69, 9.17) is 22.1 Å².